The normalized spacial score (nSPS) is 16.5. The molecule has 0 bridgehead atoms. The Morgan fingerprint density at radius 2 is 2.28 bits per heavy atom. The largest absolute Gasteiger partial charge is 2.00 e. The van der Waals surface area contributed by atoms with Gasteiger partial charge in [-0.1, -0.05) is 11.8 Å². The molecule has 4 nitrogen and oxygen atoms in total. The molecular formula is C12H11N2O2WY-. The molecule has 2 rings (SSSR count). The van der Waals surface area contributed by atoms with Crippen molar-refractivity contribution in [2.24, 2.45) is 0 Å². The van der Waals surface area contributed by atoms with Crippen LogP contribution in [0.4, 0.5) is 10.5 Å². The quantitative estimate of drug-likeness (QED) is 0.569. The predicted molar refractivity (Wildman–Crippen MR) is 59.4 cm³/mol. The van der Waals surface area contributed by atoms with Crippen molar-refractivity contribution >= 4 is 11.8 Å². The molecule has 1 radical (unpaired) electrons. The molecule has 0 saturated carbocycles. The van der Waals surface area contributed by atoms with Gasteiger partial charge in [0.05, 0.1) is 6.54 Å². The maximum atomic E-state index is 11.4. The van der Waals surface area contributed by atoms with Crippen molar-refractivity contribution in [3.8, 4) is 6.07 Å². The number of benzene rings is 1. The summed E-state index contributed by atoms with van der Waals surface area (Å²) in [7, 11) is 0. The maximum Gasteiger partial charge on any atom is 2.00 e. The van der Waals surface area contributed by atoms with Gasteiger partial charge < -0.3 is 30.7 Å². The van der Waals surface area contributed by atoms with Gasteiger partial charge in [-0.25, -0.2) is 4.79 Å². The SMILES string of the molecule is [CH2-]c1[c-]ccc(N2CC(C#N)OC2=O)c1.[CH3-].[W+2].[Y]. The van der Waals surface area contributed by atoms with Crippen molar-refractivity contribution in [3.63, 3.8) is 0 Å². The zero-order chi connectivity index (χ0) is 10.8. The molecule has 1 aliphatic heterocycles. The van der Waals surface area contributed by atoms with Crippen molar-refractivity contribution in [3.05, 3.63) is 44.2 Å². The topological polar surface area (TPSA) is 53.3 Å². The number of nitriles is 1. The number of hydrogen-bond acceptors (Lipinski definition) is 3. The van der Waals surface area contributed by atoms with Gasteiger partial charge in [0.2, 0.25) is 6.10 Å². The smallest absolute Gasteiger partial charge is 0.428 e. The summed E-state index contributed by atoms with van der Waals surface area (Å²) in [6.07, 6.45) is -1.18. The fourth-order valence-corrected chi connectivity index (χ4v) is 1.41. The van der Waals surface area contributed by atoms with Gasteiger partial charge in [0.25, 0.3) is 0 Å². The summed E-state index contributed by atoms with van der Waals surface area (Å²) >= 11 is 0. The van der Waals surface area contributed by atoms with E-state index in [1.54, 1.807) is 18.2 Å². The second kappa shape index (κ2) is 8.69. The number of nitrogens with zero attached hydrogens (tertiary/aromatic N) is 2. The van der Waals surface area contributed by atoms with Gasteiger partial charge >= 0.3 is 27.2 Å². The number of carbonyl (C=O) groups is 1. The van der Waals surface area contributed by atoms with E-state index in [4.69, 9.17) is 10.00 Å². The van der Waals surface area contributed by atoms with Crippen molar-refractivity contribution < 1.29 is 63.3 Å². The molecule has 1 atom stereocenters. The molecule has 0 aliphatic carbocycles. The van der Waals surface area contributed by atoms with E-state index >= 15 is 0 Å². The van der Waals surface area contributed by atoms with Crippen LogP contribution in [0.2, 0.25) is 0 Å². The Morgan fingerprint density at radius 3 is 2.78 bits per heavy atom. The number of anilines is 1. The third-order valence-electron chi connectivity index (χ3n) is 2.11. The molecule has 1 fully saturated rings. The van der Waals surface area contributed by atoms with Crippen molar-refractivity contribution in [1.82, 2.24) is 0 Å². The standard InChI is InChI=1S/C11H8N2O2.CH3.W.Y/c1-8-3-2-4-9(5-8)13-7-10(6-12)15-11(13)14;;;/h2,4-5,10H,1,7H2;1H3;;/q-2;-1;+2;. The monoisotopic (exact) mass is 488 g/mol. The molecule has 6 heteroatoms. The van der Waals surface area contributed by atoms with E-state index in [0.29, 0.717) is 11.3 Å². The van der Waals surface area contributed by atoms with Crippen LogP contribution in [0.1, 0.15) is 5.56 Å². The summed E-state index contributed by atoms with van der Waals surface area (Å²) in [5.74, 6) is 0. The van der Waals surface area contributed by atoms with Gasteiger partial charge in [-0.2, -0.15) is 11.3 Å². The number of rotatable bonds is 1. The molecule has 1 aliphatic rings. The first kappa shape index (κ1) is 20.0. The van der Waals surface area contributed by atoms with Gasteiger partial charge in [-0.15, -0.1) is 0 Å². The Kier molecular flexibility index (Phi) is 9.65. The summed E-state index contributed by atoms with van der Waals surface area (Å²) in [4.78, 5) is 12.8. The molecule has 1 unspecified atom stereocenters. The number of ether oxygens (including phenoxy) is 1. The van der Waals surface area contributed by atoms with Crippen molar-refractivity contribution in [2.75, 3.05) is 11.4 Å². The van der Waals surface area contributed by atoms with E-state index in [9.17, 15) is 4.79 Å². The summed E-state index contributed by atoms with van der Waals surface area (Å²) < 4.78 is 4.81. The van der Waals surface area contributed by atoms with Crippen LogP contribution in [0.3, 0.4) is 0 Å². The third-order valence-corrected chi connectivity index (χ3v) is 2.11. The predicted octanol–water partition coefficient (Wildman–Crippen LogP) is 1.96. The van der Waals surface area contributed by atoms with Crippen LogP contribution in [0.25, 0.3) is 0 Å². The van der Waals surface area contributed by atoms with E-state index in [1.807, 2.05) is 6.07 Å². The van der Waals surface area contributed by atoms with Crippen LogP contribution in [0.5, 0.6) is 0 Å². The Labute approximate surface area is 147 Å². The van der Waals surface area contributed by atoms with E-state index in [0.717, 1.165) is 0 Å². The number of cyclic esters (lactones) is 1. The van der Waals surface area contributed by atoms with Crippen LogP contribution in [-0.2, 0) is 58.5 Å². The molecule has 1 heterocycles. The Morgan fingerprint density at radius 1 is 1.61 bits per heavy atom. The van der Waals surface area contributed by atoms with E-state index < -0.39 is 12.2 Å². The summed E-state index contributed by atoms with van der Waals surface area (Å²) in [5.41, 5.74) is 1.38. The Bertz CT molecular complexity index is 448. The first-order valence-corrected chi connectivity index (χ1v) is 4.42. The summed E-state index contributed by atoms with van der Waals surface area (Å²) in [6, 6.07) is 9.92. The zero-order valence-corrected chi connectivity index (χ0v) is 15.7. The van der Waals surface area contributed by atoms with Crippen LogP contribution in [0.15, 0.2) is 18.2 Å². The van der Waals surface area contributed by atoms with Gasteiger partial charge in [-0.3, -0.25) is 11.0 Å². The van der Waals surface area contributed by atoms with Crippen molar-refractivity contribution in [1.29, 1.82) is 5.26 Å². The van der Waals surface area contributed by atoms with E-state index in [-0.39, 0.29) is 67.7 Å². The van der Waals surface area contributed by atoms with Crippen LogP contribution in [0, 0.1) is 31.7 Å². The molecule has 1 saturated heterocycles. The molecule has 1 aromatic carbocycles. The number of amides is 1. The minimum absolute atomic E-state index is 0. The molecule has 18 heavy (non-hydrogen) atoms. The van der Waals surface area contributed by atoms with Crippen molar-refractivity contribution in [2.45, 2.75) is 6.10 Å². The van der Waals surface area contributed by atoms with Gasteiger partial charge in [-0.05, 0) is 0 Å². The van der Waals surface area contributed by atoms with Gasteiger partial charge in [0.1, 0.15) is 6.07 Å². The van der Waals surface area contributed by atoms with E-state index in [1.165, 1.54) is 4.90 Å². The fraction of sp³-hybridized carbons (Fsp3) is 0.167. The average Bonchev–Trinajstić information content (AvgIpc) is 2.60. The average molecular weight is 488 g/mol. The number of hydrogen-bond donors (Lipinski definition) is 0. The number of carbonyl (C=O) groups excluding carboxylic acids is 1. The minimum atomic E-state index is -0.685. The molecular weight excluding hydrogens is 477 g/mol. The Balaban J connectivity index is 0. The minimum Gasteiger partial charge on any atom is -0.428 e. The Hall–Kier alpha value is -0.358. The van der Waals surface area contributed by atoms with E-state index in [2.05, 4.69) is 13.0 Å². The van der Waals surface area contributed by atoms with Gasteiger partial charge in [0, 0.05) is 32.7 Å². The van der Waals surface area contributed by atoms with Crippen LogP contribution < -0.4 is 4.90 Å². The molecule has 0 aromatic heterocycles. The fourth-order valence-electron chi connectivity index (χ4n) is 1.41. The first-order chi connectivity index (χ1) is 7.20. The second-order valence-electron chi connectivity index (χ2n) is 3.18. The van der Waals surface area contributed by atoms with Crippen LogP contribution in [-0.4, -0.2) is 18.7 Å². The van der Waals surface area contributed by atoms with Gasteiger partial charge in [0.15, 0.2) is 0 Å². The maximum absolute atomic E-state index is 11.4. The zero-order valence-electron chi connectivity index (χ0n) is 9.92. The van der Waals surface area contributed by atoms with Crippen LogP contribution >= 0.6 is 0 Å². The molecule has 0 N–H and O–H groups in total. The summed E-state index contributed by atoms with van der Waals surface area (Å²) in [5, 5.41) is 8.63. The molecule has 1 amide bonds. The summed E-state index contributed by atoms with van der Waals surface area (Å²) in [6.45, 7) is 3.98. The molecule has 1 aromatic rings. The molecule has 91 valence electrons. The molecule has 0 spiro atoms. The first-order valence-electron chi connectivity index (χ1n) is 4.42. The third kappa shape index (κ3) is 4.39. The second-order valence-corrected chi connectivity index (χ2v) is 3.18.